The number of morpholine rings is 1. The number of pyridine rings is 3. The number of aromatic amines is 1. The zero-order valence-electron chi connectivity index (χ0n) is 20.4. The summed E-state index contributed by atoms with van der Waals surface area (Å²) in [5.41, 5.74) is 5.22. The van der Waals surface area contributed by atoms with Crippen molar-refractivity contribution in [2.75, 3.05) is 31.6 Å². The highest BCUT2D eigenvalue weighted by molar-refractivity contribution is 6.11. The average Bonchev–Trinajstić information content (AvgIpc) is 3.38. The first kappa shape index (κ1) is 23.8. The summed E-state index contributed by atoms with van der Waals surface area (Å²) >= 11 is 0. The van der Waals surface area contributed by atoms with Crippen LogP contribution in [0.5, 0.6) is 0 Å². The van der Waals surface area contributed by atoms with Gasteiger partial charge in [0.25, 0.3) is 5.91 Å². The number of rotatable bonds is 6. The predicted octanol–water partition coefficient (Wildman–Crippen LogP) is 4.31. The molecule has 1 aliphatic rings. The molecule has 0 bridgehead atoms. The second-order valence-electron chi connectivity index (χ2n) is 9.04. The Labute approximate surface area is 217 Å². The van der Waals surface area contributed by atoms with Gasteiger partial charge in [-0.05, 0) is 47.5 Å². The fraction of sp³-hybridized carbons (Fsp3) is 0.179. The Balaban J connectivity index is 1.21. The molecule has 0 atom stereocenters. The monoisotopic (exact) mass is 509 g/mol. The van der Waals surface area contributed by atoms with Crippen molar-refractivity contribution in [2.24, 2.45) is 0 Å². The van der Waals surface area contributed by atoms with E-state index in [0.717, 1.165) is 55.1 Å². The molecule has 0 spiro atoms. The van der Waals surface area contributed by atoms with Crippen molar-refractivity contribution in [1.82, 2.24) is 30.0 Å². The second kappa shape index (κ2) is 10.4. The Morgan fingerprint density at radius 2 is 1.89 bits per heavy atom. The van der Waals surface area contributed by atoms with Gasteiger partial charge in [-0.15, -0.1) is 0 Å². The van der Waals surface area contributed by atoms with Gasteiger partial charge in [0.05, 0.1) is 41.9 Å². The molecule has 1 saturated heterocycles. The molecule has 5 aromatic rings. The minimum Gasteiger partial charge on any atom is -0.379 e. The van der Waals surface area contributed by atoms with Gasteiger partial charge in [0.15, 0.2) is 5.69 Å². The summed E-state index contributed by atoms with van der Waals surface area (Å²) in [4.78, 5) is 28.1. The third-order valence-electron chi connectivity index (χ3n) is 6.48. The second-order valence-corrected chi connectivity index (χ2v) is 9.04. The molecule has 4 aromatic heterocycles. The number of hydrogen-bond donors (Lipinski definition) is 2. The molecule has 2 N–H and O–H groups in total. The number of H-pyrrole nitrogens is 1. The van der Waals surface area contributed by atoms with E-state index in [-0.39, 0.29) is 11.6 Å². The number of fused-ring (bicyclic) bond motifs is 1. The van der Waals surface area contributed by atoms with Crippen LogP contribution >= 0.6 is 0 Å². The Kier molecular flexibility index (Phi) is 6.55. The molecule has 190 valence electrons. The number of halogens is 1. The van der Waals surface area contributed by atoms with Gasteiger partial charge in [-0.1, -0.05) is 6.07 Å². The molecule has 6 rings (SSSR count). The summed E-state index contributed by atoms with van der Waals surface area (Å²) < 4.78 is 19.5. The summed E-state index contributed by atoms with van der Waals surface area (Å²) in [7, 11) is 0. The van der Waals surface area contributed by atoms with Crippen LogP contribution in [0.4, 0.5) is 10.1 Å². The largest absolute Gasteiger partial charge is 0.379 e. The molecule has 9 nitrogen and oxygen atoms in total. The van der Waals surface area contributed by atoms with E-state index in [4.69, 9.17) is 4.74 Å². The quantitative estimate of drug-likeness (QED) is 0.351. The number of carbonyl (C=O) groups excluding carboxylic acids is 1. The van der Waals surface area contributed by atoms with Crippen LogP contribution in [0.3, 0.4) is 0 Å². The van der Waals surface area contributed by atoms with E-state index in [1.54, 1.807) is 12.1 Å². The summed E-state index contributed by atoms with van der Waals surface area (Å²) in [5, 5.41) is 10.7. The maximum absolute atomic E-state index is 14.0. The predicted molar refractivity (Wildman–Crippen MR) is 141 cm³/mol. The standard InChI is InChI=1S/C28H24FN7O2/c29-24-5-6-30-16-23(24)25-4-2-21(15-32-25)33-28(37)27-22-12-19(1-3-26(22)34-35-27)20-11-18(13-31-14-20)17-36-7-9-38-10-8-36/h1-6,11-16H,7-10,17H2,(H,33,37)(H,34,35). The molecule has 5 heterocycles. The minimum atomic E-state index is -0.412. The fourth-order valence-corrected chi connectivity index (χ4v) is 4.50. The first-order chi connectivity index (χ1) is 18.6. The molecule has 10 heteroatoms. The van der Waals surface area contributed by atoms with E-state index in [1.807, 2.05) is 30.6 Å². The van der Waals surface area contributed by atoms with Gasteiger partial charge >= 0.3 is 0 Å². The van der Waals surface area contributed by atoms with Gasteiger partial charge in [0.1, 0.15) is 5.82 Å². The minimum absolute atomic E-state index is 0.265. The topological polar surface area (TPSA) is 109 Å². The maximum atomic E-state index is 14.0. The van der Waals surface area contributed by atoms with Crippen LogP contribution in [0.15, 0.2) is 73.4 Å². The van der Waals surface area contributed by atoms with Crippen molar-refractivity contribution < 1.29 is 13.9 Å². The molecule has 0 radical (unpaired) electrons. The van der Waals surface area contributed by atoms with E-state index in [1.165, 1.54) is 24.7 Å². The number of benzene rings is 1. The van der Waals surface area contributed by atoms with Gasteiger partial charge in [0.2, 0.25) is 0 Å². The summed E-state index contributed by atoms with van der Waals surface area (Å²) in [6.45, 7) is 4.12. The number of aromatic nitrogens is 5. The molecule has 0 aliphatic carbocycles. The Morgan fingerprint density at radius 1 is 1.00 bits per heavy atom. The van der Waals surface area contributed by atoms with Gasteiger partial charge in [-0.2, -0.15) is 5.10 Å². The molecule has 1 amide bonds. The number of amides is 1. The Bertz CT molecular complexity index is 1600. The van der Waals surface area contributed by atoms with E-state index in [9.17, 15) is 9.18 Å². The van der Waals surface area contributed by atoms with Gasteiger partial charge in [-0.25, -0.2) is 4.39 Å². The van der Waals surface area contributed by atoms with Crippen LogP contribution in [0.2, 0.25) is 0 Å². The summed E-state index contributed by atoms with van der Waals surface area (Å²) in [5.74, 6) is -0.792. The molecule has 1 aliphatic heterocycles. The third kappa shape index (κ3) is 4.99. The number of nitrogens with one attached hydrogen (secondary N) is 2. The highest BCUT2D eigenvalue weighted by Gasteiger charge is 2.17. The third-order valence-corrected chi connectivity index (χ3v) is 6.48. The van der Waals surface area contributed by atoms with Crippen LogP contribution in [-0.2, 0) is 11.3 Å². The molecule has 1 fully saturated rings. The van der Waals surface area contributed by atoms with Crippen molar-refractivity contribution in [1.29, 1.82) is 0 Å². The highest BCUT2D eigenvalue weighted by Crippen LogP contribution is 2.27. The van der Waals surface area contributed by atoms with Crippen molar-refractivity contribution in [3.63, 3.8) is 0 Å². The Hall–Kier alpha value is -4.54. The average molecular weight is 510 g/mol. The molecule has 0 saturated carbocycles. The number of anilines is 1. The molecular weight excluding hydrogens is 485 g/mol. The van der Waals surface area contributed by atoms with Crippen LogP contribution in [-0.4, -0.2) is 62.3 Å². The number of hydrogen-bond acceptors (Lipinski definition) is 7. The van der Waals surface area contributed by atoms with E-state index in [0.29, 0.717) is 22.3 Å². The molecule has 0 unspecified atom stereocenters. The van der Waals surface area contributed by atoms with Gasteiger partial charge < -0.3 is 10.1 Å². The number of nitrogens with zero attached hydrogens (tertiary/aromatic N) is 5. The van der Waals surface area contributed by atoms with Crippen molar-refractivity contribution in [3.8, 4) is 22.4 Å². The smallest absolute Gasteiger partial charge is 0.276 e. The molecule has 38 heavy (non-hydrogen) atoms. The normalized spacial score (nSPS) is 14.0. The van der Waals surface area contributed by atoms with Crippen LogP contribution in [0.25, 0.3) is 33.3 Å². The SMILES string of the molecule is O=C(Nc1ccc(-c2cnccc2F)nc1)c1n[nH]c2ccc(-c3cncc(CN4CCOCC4)c3)cc12. The first-order valence-corrected chi connectivity index (χ1v) is 12.2. The summed E-state index contributed by atoms with van der Waals surface area (Å²) in [6.07, 6.45) is 7.98. The Morgan fingerprint density at radius 3 is 2.71 bits per heavy atom. The van der Waals surface area contributed by atoms with Crippen LogP contribution in [0.1, 0.15) is 16.1 Å². The fourth-order valence-electron chi connectivity index (χ4n) is 4.50. The van der Waals surface area contributed by atoms with Crippen molar-refractivity contribution in [3.05, 3.63) is 90.5 Å². The number of carbonyl (C=O) groups is 1. The van der Waals surface area contributed by atoms with E-state index < -0.39 is 5.82 Å². The van der Waals surface area contributed by atoms with Crippen LogP contribution in [0, 0.1) is 5.82 Å². The first-order valence-electron chi connectivity index (χ1n) is 12.2. The molecule has 1 aromatic carbocycles. The zero-order chi connectivity index (χ0) is 25.9. The van der Waals surface area contributed by atoms with Gasteiger partial charge in [0, 0.05) is 55.4 Å². The lowest BCUT2D eigenvalue weighted by atomic mass is 10.0. The van der Waals surface area contributed by atoms with Crippen molar-refractivity contribution >= 4 is 22.5 Å². The van der Waals surface area contributed by atoms with Gasteiger partial charge in [-0.3, -0.25) is 29.7 Å². The van der Waals surface area contributed by atoms with Crippen LogP contribution < -0.4 is 5.32 Å². The highest BCUT2D eigenvalue weighted by atomic mass is 19.1. The maximum Gasteiger partial charge on any atom is 0.276 e. The summed E-state index contributed by atoms with van der Waals surface area (Å²) in [6, 6.07) is 12.5. The lowest BCUT2D eigenvalue weighted by Gasteiger charge is -2.26. The van der Waals surface area contributed by atoms with E-state index >= 15 is 0 Å². The van der Waals surface area contributed by atoms with E-state index in [2.05, 4.69) is 41.4 Å². The van der Waals surface area contributed by atoms with Crippen molar-refractivity contribution in [2.45, 2.75) is 6.54 Å². The zero-order valence-corrected chi connectivity index (χ0v) is 20.4. The number of ether oxygens (including phenoxy) is 1. The lowest BCUT2D eigenvalue weighted by Crippen LogP contribution is -2.35. The lowest BCUT2D eigenvalue weighted by molar-refractivity contribution is 0.0341. The molecular formula is C28H24FN7O2.